The van der Waals surface area contributed by atoms with Crippen LogP contribution in [0.3, 0.4) is 0 Å². The quantitative estimate of drug-likeness (QED) is 0.718. The van der Waals surface area contributed by atoms with E-state index in [0.717, 1.165) is 28.8 Å². The van der Waals surface area contributed by atoms with Crippen molar-refractivity contribution in [1.82, 2.24) is 4.98 Å². The summed E-state index contributed by atoms with van der Waals surface area (Å²) >= 11 is 6.70. The molecule has 0 atom stereocenters. The van der Waals surface area contributed by atoms with Crippen LogP contribution < -0.4 is 0 Å². The molecule has 0 amide bonds. The van der Waals surface area contributed by atoms with Crippen LogP contribution in [0, 0.1) is 6.92 Å². The topological polar surface area (TPSA) is 42.4 Å². The Hall–Kier alpha value is -0.650. The van der Waals surface area contributed by atoms with E-state index >= 15 is 0 Å². The van der Waals surface area contributed by atoms with Crippen molar-refractivity contribution in [3.63, 3.8) is 0 Å². The number of phenolic OH excluding ortho intramolecular Hbond substituents is 1. The number of nitrogens with zero attached hydrogens (tertiary/aromatic N) is 1. The number of hydrogen-bond acceptors (Lipinski definition) is 3. The van der Waals surface area contributed by atoms with E-state index in [-0.39, 0.29) is 5.75 Å². The van der Waals surface area contributed by atoms with E-state index in [1.165, 1.54) is 12.8 Å². The molecule has 0 spiro atoms. The Bertz CT molecular complexity index is 576. The van der Waals surface area contributed by atoms with Crippen molar-refractivity contribution < 1.29 is 9.84 Å². The van der Waals surface area contributed by atoms with E-state index in [0.29, 0.717) is 9.99 Å². The summed E-state index contributed by atoms with van der Waals surface area (Å²) < 4.78 is 6.51. The van der Waals surface area contributed by atoms with Crippen LogP contribution in [0.1, 0.15) is 18.5 Å². The van der Waals surface area contributed by atoms with Gasteiger partial charge in [0, 0.05) is 28.8 Å². The Labute approximate surface area is 129 Å². The summed E-state index contributed by atoms with van der Waals surface area (Å²) in [6, 6.07) is 5.67. The fourth-order valence-electron chi connectivity index (χ4n) is 1.81. The Morgan fingerprint density at radius 3 is 2.42 bits per heavy atom. The highest BCUT2D eigenvalue weighted by Gasteiger charge is 2.09. The number of aromatic nitrogens is 1. The van der Waals surface area contributed by atoms with Gasteiger partial charge in [0.25, 0.3) is 0 Å². The number of hydrogen-bond donors (Lipinski definition) is 1. The van der Waals surface area contributed by atoms with Gasteiger partial charge in [-0.05, 0) is 53.9 Å². The lowest BCUT2D eigenvalue weighted by atomic mass is 10.2. The monoisotopic (exact) mass is 387 g/mol. The second kappa shape index (κ2) is 6.68. The average Bonchev–Trinajstić information content (AvgIpc) is 2.95. The zero-order chi connectivity index (χ0) is 13.8. The molecule has 0 aliphatic carbocycles. The number of halogens is 2. The van der Waals surface area contributed by atoms with E-state index < -0.39 is 0 Å². The SMILES string of the molecule is C1CCOC1.Cc1ccc2c(Br)cc(Br)c(O)c2n1. The van der Waals surface area contributed by atoms with Gasteiger partial charge >= 0.3 is 0 Å². The maximum Gasteiger partial charge on any atom is 0.156 e. The lowest BCUT2D eigenvalue weighted by molar-refractivity contribution is 0.198. The molecule has 5 heteroatoms. The molecule has 1 N–H and O–H groups in total. The van der Waals surface area contributed by atoms with Gasteiger partial charge in [0.05, 0.1) is 4.47 Å². The first kappa shape index (κ1) is 14.8. The number of aryl methyl sites for hydroxylation is 1. The summed E-state index contributed by atoms with van der Waals surface area (Å²) in [6.07, 6.45) is 2.56. The summed E-state index contributed by atoms with van der Waals surface area (Å²) in [5.41, 5.74) is 1.50. The number of benzene rings is 1. The van der Waals surface area contributed by atoms with Gasteiger partial charge in [-0.3, -0.25) is 0 Å². The molecule has 1 saturated heterocycles. The van der Waals surface area contributed by atoms with Crippen molar-refractivity contribution >= 4 is 42.8 Å². The lowest BCUT2D eigenvalue weighted by Crippen LogP contribution is -1.85. The van der Waals surface area contributed by atoms with Crippen LogP contribution in [0.15, 0.2) is 27.1 Å². The van der Waals surface area contributed by atoms with Crippen molar-refractivity contribution in [3.8, 4) is 5.75 Å². The number of rotatable bonds is 0. The molecule has 1 aliphatic heterocycles. The predicted molar refractivity (Wildman–Crippen MR) is 83.6 cm³/mol. The average molecular weight is 389 g/mol. The summed E-state index contributed by atoms with van der Waals surface area (Å²) in [4.78, 5) is 4.29. The number of aromatic hydroxyl groups is 1. The van der Waals surface area contributed by atoms with Crippen LogP contribution in [0.4, 0.5) is 0 Å². The van der Waals surface area contributed by atoms with E-state index in [1.807, 2.05) is 25.1 Å². The van der Waals surface area contributed by atoms with Crippen molar-refractivity contribution in [3.05, 3.63) is 32.8 Å². The Morgan fingerprint density at radius 1 is 1.16 bits per heavy atom. The molecule has 1 fully saturated rings. The molecule has 0 radical (unpaired) electrons. The maximum atomic E-state index is 9.78. The van der Waals surface area contributed by atoms with E-state index in [9.17, 15) is 5.11 Å². The molecule has 0 unspecified atom stereocenters. The summed E-state index contributed by atoms with van der Waals surface area (Å²) in [6.45, 7) is 3.90. The molecule has 0 bridgehead atoms. The highest BCUT2D eigenvalue weighted by molar-refractivity contribution is 9.11. The standard InChI is InChI=1S/C10H7Br2NO.C4H8O/c1-5-2-3-6-7(11)4-8(12)10(14)9(6)13-5;1-2-4-5-3-1/h2-4,14H,1H3;1-4H2. The van der Waals surface area contributed by atoms with Crippen LogP contribution >= 0.6 is 31.9 Å². The van der Waals surface area contributed by atoms with Gasteiger partial charge in [0.2, 0.25) is 0 Å². The first-order chi connectivity index (χ1) is 9.09. The van der Waals surface area contributed by atoms with Gasteiger partial charge in [-0.25, -0.2) is 4.98 Å². The van der Waals surface area contributed by atoms with Gasteiger partial charge < -0.3 is 9.84 Å². The summed E-state index contributed by atoms with van der Waals surface area (Å²) in [5.74, 6) is 0.187. The van der Waals surface area contributed by atoms with Gasteiger partial charge in [0.1, 0.15) is 5.52 Å². The fourth-order valence-corrected chi connectivity index (χ4v) is 3.08. The summed E-state index contributed by atoms with van der Waals surface area (Å²) in [5, 5.41) is 10.7. The first-order valence-corrected chi connectivity index (χ1v) is 7.70. The van der Waals surface area contributed by atoms with Crippen molar-refractivity contribution in [2.24, 2.45) is 0 Å². The first-order valence-electron chi connectivity index (χ1n) is 6.11. The van der Waals surface area contributed by atoms with Gasteiger partial charge in [-0.15, -0.1) is 0 Å². The third kappa shape index (κ3) is 3.68. The van der Waals surface area contributed by atoms with Gasteiger partial charge in [0.15, 0.2) is 5.75 Å². The minimum absolute atomic E-state index is 0.187. The maximum absolute atomic E-state index is 9.78. The molecule has 3 nitrogen and oxygen atoms in total. The van der Waals surface area contributed by atoms with Crippen LogP contribution in [0.25, 0.3) is 10.9 Å². The van der Waals surface area contributed by atoms with Crippen molar-refractivity contribution in [2.45, 2.75) is 19.8 Å². The van der Waals surface area contributed by atoms with E-state index in [2.05, 4.69) is 36.8 Å². The largest absolute Gasteiger partial charge is 0.505 e. The minimum atomic E-state index is 0.187. The lowest BCUT2D eigenvalue weighted by Gasteiger charge is -2.05. The molecule has 0 saturated carbocycles. The Balaban J connectivity index is 0.000000224. The number of ether oxygens (including phenoxy) is 1. The highest BCUT2D eigenvalue weighted by atomic mass is 79.9. The summed E-state index contributed by atoms with van der Waals surface area (Å²) in [7, 11) is 0. The third-order valence-electron chi connectivity index (χ3n) is 2.82. The Kier molecular flexibility index (Phi) is 5.19. The Morgan fingerprint density at radius 2 is 1.84 bits per heavy atom. The van der Waals surface area contributed by atoms with Crippen molar-refractivity contribution in [1.29, 1.82) is 0 Å². The molecule has 1 aromatic heterocycles. The van der Waals surface area contributed by atoms with Crippen LogP contribution in [0.5, 0.6) is 5.75 Å². The highest BCUT2D eigenvalue weighted by Crippen LogP contribution is 2.36. The predicted octanol–water partition coefficient (Wildman–Crippen LogP) is 4.57. The number of phenols is 1. The van der Waals surface area contributed by atoms with Crippen LogP contribution in [0.2, 0.25) is 0 Å². The second-order valence-electron chi connectivity index (χ2n) is 4.36. The van der Waals surface area contributed by atoms with E-state index in [1.54, 1.807) is 0 Å². The van der Waals surface area contributed by atoms with Crippen molar-refractivity contribution in [2.75, 3.05) is 13.2 Å². The molecule has 1 aromatic carbocycles. The minimum Gasteiger partial charge on any atom is -0.505 e. The van der Waals surface area contributed by atoms with Gasteiger partial charge in [-0.2, -0.15) is 0 Å². The smallest absolute Gasteiger partial charge is 0.156 e. The molecular weight excluding hydrogens is 374 g/mol. The van der Waals surface area contributed by atoms with Gasteiger partial charge in [-0.1, -0.05) is 15.9 Å². The molecule has 1 aliphatic rings. The number of fused-ring (bicyclic) bond motifs is 1. The molecule has 102 valence electrons. The molecule has 2 heterocycles. The molecule has 3 rings (SSSR count). The second-order valence-corrected chi connectivity index (χ2v) is 6.07. The molecule has 2 aromatic rings. The third-order valence-corrected chi connectivity index (χ3v) is 4.08. The number of pyridine rings is 1. The van der Waals surface area contributed by atoms with Crippen LogP contribution in [-0.4, -0.2) is 23.3 Å². The fraction of sp³-hybridized carbons (Fsp3) is 0.357. The van der Waals surface area contributed by atoms with Crippen LogP contribution in [-0.2, 0) is 4.74 Å². The molecular formula is C14H15Br2NO2. The zero-order valence-electron chi connectivity index (χ0n) is 10.6. The molecule has 19 heavy (non-hydrogen) atoms. The zero-order valence-corrected chi connectivity index (χ0v) is 13.8. The van der Waals surface area contributed by atoms with E-state index in [4.69, 9.17) is 4.74 Å². The normalized spacial score (nSPS) is 14.3.